The largest absolute Gasteiger partial charge is 0.366 e. The van der Waals surface area contributed by atoms with Crippen LogP contribution in [0, 0.1) is 0 Å². The van der Waals surface area contributed by atoms with E-state index in [2.05, 4.69) is 20.5 Å². The molecule has 1 aromatic heterocycles. The number of nitrogens with zero attached hydrogens (tertiary/aromatic N) is 3. The predicted octanol–water partition coefficient (Wildman–Crippen LogP) is -0.0300. The Morgan fingerprint density at radius 1 is 1.25 bits per heavy atom. The summed E-state index contributed by atoms with van der Waals surface area (Å²) in [7, 11) is -3.49. The Balaban J connectivity index is 1.59. The van der Waals surface area contributed by atoms with Gasteiger partial charge < -0.3 is 11.1 Å². The Bertz CT molecular complexity index is 812. The van der Waals surface area contributed by atoms with Gasteiger partial charge in [0, 0.05) is 19.1 Å². The summed E-state index contributed by atoms with van der Waals surface area (Å²) in [6.07, 6.45) is 1.06. The molecule has 1 aliphatic heterocycles. The van der Waals surface area contributed by atoms with Crippen molar-refractivity contribution in [3.05, 3.63) is 36.2 Å². The van der Waals surface area contributed by atoms with Crippen LogP contribution in [-0.2, 0) is 10.0 Å². The normalized spacial score (nSPS) is 16.8. The Morgan fingerprint density at radius 3 is 2.50 bits per heavy atom. The average Bonchev–Trinajstić information content (AvgIpc) is 3.03. The van der Waals surface area contributed by atoms with E-state index in [0.29, 0.717) is 25.9 Å². The van der Waals surface area contributed by atoms with Gasteiger partial charge in [-0.2, -0.15) is 9.29 Å². The first-order chi connectivity index (χ1) is 11.5. The Hall–Kier alpha value is -2.46. The number of nitrogens with two attached hydrogens (primary N) is 1. The zero-order valence-electron chi connectivity index (χ0n) is 12.8. The molecule has 2 heterocycles. The van der Waals surface area contributed by atoms with Gasteiger partial charge in [-0.25, -0.2) is 8.42 Å². The van der Waals surface area contributed by atoms with Crippen molar-refractivity contribution in [1.82, 2.24) is 24.8 Å². The molecule has 1 fully saturated rings. The van der Waals surface area contributed by atoms with Crippen LogP contribution in [0.5, 0.6) is 0 Å². The number of nitrogen functional groups attached to an aromatic ring is 1. The zero-order chi connectivity index (χ0) is 17.2. The first-order valence-electron chi connectivity index (χ1n) is 7.51. The van der Waals surface area contributed by atoms with E-state index in [1.165, 1.54) is 4.31 Å². The number of aromatic nitrogens is 3. The number of anilines is 1. The highest BCUT2D eigenvalue weighted by Gasteiger charge is 2.30. The van der Waals surface area contributed by atoms with E-state index >= 15 is 0 Å². The van der Waals surface area contributed by atoms with Crippen molar-refractivity contribution in [3.8, 4) is 0 Å². The number of carbonyl (C=O) groups excluding carboxylic acids is 1. The molecular formula is C14H18N6O3S. The summed E-state index contributed by atoms with van der Waals surface area (Å²) in [6, 6.07) is 8.21. The Kier molecular flexibility index (Phi) is 4.49. The number of sulfonamides is 1. The minimum atomic E-state index is -3.49. The van der Waals surface area contributed by atoms with E-state index in [4.69, 9.17) is 5.73 Å². The van der Waals surface area contributed by atoms with Crippen LogP contribution in [0.4, 0.5) is 5.95 Å². The van der Waals surface area contributed by atoms with Crippen molar-refractivity contribution in [2.45, 2.75) is 23.8 Å². The van der Waals surface area contributed by atoms with Gasteiger partial charge in [-0.3, -0.25) is 9.89 Å². The molecule has 0 bridgehead atoms. The number of aromatic amines is 1. The molecule has 128 valence electrons. The molecule has 4 N–H and O–H groups in total. The standard InChI is InChI=1S/C14H18N6O3S/c15-14-17-12(18-19-14)13(21)16-10-6-8-20(9-7-10)24(22,23)11-4-2-1-3-5-11/h1-5,10H,6-9H2,(H,16,21)(H3,15,17,18,19). The van der Waals surface area contributed by atoms with Gasteiger partial charge in [0.2, 0.25) is 21.8 Å². The van der Waals surface area contributed by atoms with E-state index < -0.39 is 15.9 Å². The number of nitrogens with one attached hydrogen (secondary N) is 2. The highest BCUT2D eigenvalue weighted by Crippen LogP contribution is 2.20. The molecule has 10 heteroatoms. The number of rotatable bonds is 4. The van der Waals surface area contributed by atoms with Gasteiger partial charge in [0.25, 0.3) is 5.91 Å². The maximum absolute atomic E-state index is 12.5. The van der Waals surface area contributed by atoms with Gasteiger partial charge in [0.05, 0.1) is 4.90 Å². The molecule has 1 aromatic carbocycles. The van der Waals surface area contributed by atoms with E-state index in [1.807, 2.05) is 0 Å². The van der Waals surface area contributed by atoms with Gasteiger partial charge in [0.1, 0.15) is 0 Å². The first kappa shape index (κ1) is 16.4. The third kappa shape index (κ3) is 3.39. The lowest BCUT2D eigenvalue weighted by molar-refractivity contribution is 0.0913. The zero-order valence-corrected chi connectivity index (χ0v) is 13.7. The van der Waals surface area contributed by atoms with E-state index in [1.54, 1.807) is 30.3 Å². The lowest BCUT2D eigenvalue weighted by Crippen LogP contribution is -2.46. The number of carbonyl (C=O) groups is 1. The summed E-state index contributed by atoms with van der Waals surface area (Å²) in [4.78, 5) is 16.0. The van der Waals surface area contributed by atoms with Gasteiger partial charge in [-0.15, -0.1) is 5.10 Å². The Morgan fingerprint density at radius 2 is 1.92 bits per heavy atom. The summed E-state index contributed by atoms with van der Waals surface area (Å²) in [5.41, 5.74) is 5.36. The van der Waals surface area contributed by atoms with Crippen LogP contribution in [0.3, 0.4) is 0 Å². The minimum Gasteiger partial charge on any atom is -0.366 e. The maximum atomic E-state index is 12.5. The monoisotopic (exact) mass is 350 g/mol. The van der Waals surface area contributed by atoms with Crippen LogP contribution >= 0.6 is 0 Å². The summed E-state index contributed by atoms with van der Waals surface area (Å²) in [6.45, 7) is 0.696. The summed E-state index contributed by atoms with van der Waals surface area (Å²) in [5, 5.41) is 8.86. The third-order valence-corrected chi connectivity index (χ3v) is 5.80. The minimum absolute atomic E-state index is 0.00363. The smallest absolute Gasteiger partial charge is 0.288 e. The van der Waals surface area contributed by atoms with E-state index in [-0.39, 0.29) is 22.7 Å². The van der Waals surface area contributed by atoms with Gasteiger partial charge in [-0.1, -0.05) is 18.2 Å². The van der Waals surface area contributed by atoms with Crippen molar-refractivity contribution < 1.29 is 13.2 Å². The molecule has 3 rings (SSSR count). The molecule has 0 atom stereocenters. The molecule has 1 aliphatic rings. The second-order valence-electron chi connectivity index (χ2n) is 5.51. The predicted molar refractivity (Wildman–Crippen MR) is 86.5 cm³/mol. The van der Waals surface area contributed by atoms with Crippen molar-refractivity contribution in [1.29, 1.82) is 0 Å². The van der Waals surface area contributed by atoms with Gasteiger partial charge in [0.15, 0.2) is 0 Å². The van der Waals surface area contributed by atoms with Crippen molar-refractivity contribution in [2.75, 3.05) is 18.8 Å². The topological polar surface area (TPSA) is 134 Å². The lowest BCUT2D eigenvalue weighted by atomic mass is 10.1. The van der Waals surface area contributed by atoms with Crippen molar-refractivity contribution in [2.24, 2.45) is 0 Å². The fraction of sp³-hybridized carbons (Fsp3) is 0.357. The van der Waals surface area contributed by atoms with Gasteiger partial charge in [-0.05, 0) is 25.0 Å². The molecule has 0 radical (unpaired) electrons. The molecule has 0 saturated carbocycles. The summed E-state index contributed by atoms with van der Waals surface area (Å²) >= 11 is 0. The summed E-state index contributed by atoms with van der Waals surface area (Å²) in [5.74, 6) is -0.348. The number of H-pyrrole nitrogens is 1. The molecule has 0 spiro atoms. The van der Waals surface area contributed by atoms with Crippen molar-refractivity contribution in [3.63, 3.8) is 0 Å². The van der Waals surface area contributed by atoms with Crippen LogP contribution in [0.2, 0.25) is 0 Å². The fourth-order valence-corrected chi connectivity index (χ4v) is 4.10. The SMILES string of the molecule is Nc1n[nH]c(C(=O)NC2CCN(S(=O)(=O)c3ccccc3)CC2)n1. The molecule has 1 amide bonds. The molecule has 2 aromatic rings. The second kappa shape index (κ2) is 6.57. The first-order valence-corrected chi connectivity index (χ1v) is 8.95. The molecule has 9 nitrogen and oxygen atoms in total. The lowest BCUT2D eigenvalue weighted by Gasteiger charge is -2.31. The number of hydrogen-bond donors (Lipinski definition) is 3. The molecule has 1 saturated heterocycles. The molecule has 24 heavy (non-hydrogen) atoms. The average molecular weight is 350 g/mol. The quantitative estimate of drug-likeness (QED) is 0.709. The highest BCUT2D eigenvalue weighted by atomic mass is 32.2. The summed E-state index contributed by atoms with van der Waals surface area (Å²) < 4.78 is 26.5. The third-order valence-electron chi connectivity index (χ3n) is 3.89. The Labute approximate surface area is 139 Å². The van der Waals surface area contributed by atoms with E-state index in [9.17, 15) is 13.2 Å². The van der Waals surface area contributed by atoms with Gasteiger partial charge >= 0.3 is 0 Å². The molecular weight excluding hydrogens is 332 g/mol. The van der Waals surface area contributed by atoms with Crippen LogP contribution < -0.4 is 11.1 Å². The number of benzene rings is 1. The molecule has 0 unspecified atom stereocenters. The number of piperidine rings is 1. The van der Waals surface area contributed by atoms with Crippen LogP contribution in [0.15, 0.2) is 35.2 Å². The second-order valence-corrected chi connectivity index (χ2v) is 7.45. The maximum Gasteiger partial charge on any atom is 0.288 e. The van der Waals surface area contributed by atoms with E-state index in [0.717, 1.165) is 0 Å². The number of hydrogen-bond acceptors (Lipinski definition) is 6. The fourth-order valence-electron chi connectivity index (χ4n) is 2.61. The van der Waals surface area contributed by atoms with Crippen LogP contribution in [-0.4, -0.2) is 52.9 Å². The van der Waals surface area contributed by atoms with Crippen LogP contribution in [0.25, 0.3) is 0 Å². The highest BCUT2D eigenvalue weighted by molar-refractivity contribution is 7.89. The van der Waals surface area contributed by atoms with Crippen LogP contribution in [0.1, 0.15) is 23.5 Å². The van der Waals surface area contributed by atoms with Crippen molar-refractivity contribution >= 4 is 21.9 Å². The molecule has 0 aliphatic carbocycles. The number of amides is 1.